The van der Waals surface area contributed by atoms with Crippen molar-refractivity contribution in [2.24, 2.45) is 11.8 Å². The van der Waals surface area contributed by atoms with E-state index in [9.17, 15) is 4.79 Å². The predicted molar refractivity (Wildman–Crippen MR) is 81.7 cm³/mol. The fourth-order valence-corrected chi connectivity index (χ4v) is 3.00. The minimum Gasteiger partial charge on any atom is -0.343 e. The minimum atomic E-state index is 0. The van der Waals surface area contributed by atoms with Crippen LogP contribution in [0.5, 0.6) is 0 Å². The summed E-state index contributed by atoms with van der Waals surface area (Å²) < 4.78 is 0. The van der Waals surface area contributed by atoms with Gasteiger partial charge in [-0.15, -0.1) is 12.4 Å². The highest BCUT2D eigenvalue weighted by Gasteiger charge is 2.24. The number of halogens is 1. The molecule has 1 N–H and O–H groups in total. The van der Waals surface area contributed by atoms with Crippen molar-refractivity contribution >= 4 is 18.3 Å². The normalized spacial score (nSPS) is 20.8. The Morgan fingerprint density at radius 2 is 1.84 bits per heavy atom. The first-order valence-electron chi connectivity index (χ1n) is 7.78. The topological polar surface area (TPSA) is 32.3 Å². The second-order valence-corrected chi connectivity index (χ2v) is 5.97. The number of nitrogens with zero attached hydrogens (tertiary/aromatic N) is 1. The Hall–Kier alpha value is -0.280. The molecule has 1 amide bonds. The first kappa shape index (κ1) is 16.8. The molecule has 1 heterocycles. The predicted octanol–water partition coefficient (Wildman–Crippen LogP) is 2.84. The largest absolute Gasteiger partial charge is 0.343 e. The first-order chi connectivity index (χ1) is 8.79. The molecule has 3 nitrogen and oxygen atoms in total. The lowest BCUT2D eigenvalue weighted by Gasteiger charge is -2.33. The van der Waals surface area contributed by atoms with E-state index in [1.807, 2.05) is 0 Å². The van der Waals surface area contributed by atoms with E-state index in [-0.39, 0.29) is 12.4 Å². The summed E-state index contributed by atoms with van der Waals surface area (Å²) in [5.41, 5.74) is 0. The van der Waals surface area contributed by atoms with Crippen molar-refractivity contribution in [2.75, 3.05) is 26.2 Å². The Balaban J connectivity index is 0.00000180. The van der Waals surface area contributed by atoms with Crippen LogP contribution in [0.2, 0.25) is 0 Å². The average Bonchev–Trinajstić information content (AvgIpc) is 2.35. The molecule has 1 aliphatic heterocycles. The van der Waals surface area contributed by atoms with Gasteiger partial charge in [-0.2, -0.15) is 0 Å². The Kier molecular flexibility index (Phi) is 7.77. The molecule has 1 saturated heterocycles. The highest BCUT2D eigenvalue weighted by atomic mass is 35.5. The SMILES string of the molecule is CCNCC1CCN(C(=O)CCC2CCC2)CC1.Cl. The van der Waals surface area contributed by atoms with Gasteiger partial charge in [0.05, 0.1) is 0 Å². The van der Waals surface area contributed by atoms with E-state index in [0.717, 1.165) is 50.9 Å². The fraction of sp³-hybridized carbons (Fsp3) is 0.933. The maximum atomic E-state index is 12.1. The molecule has 0 atom stereocenters. The van der Waals surface area contributed by atoms with Crippen LogP contribution in [0.3, 0.4) is 0 Å². The van der Waals surface area contributed by atoms with Gasteiger partial charge in [0, 0.05) is 19.5 Å². The molecule has 0 aromatic rings. The number of carbonyl (C=O) groups is 1. The smallest absolute Gasteiger partial charge is 0.222 e. The highest BCUT2D eigenvalue weighted by Crippen LogP contribution is 2.30. The quantitative estimate of drug-likeness (QED) is 0.815. The summed E-state index contributed by atoms with van der Waals surface area (Å²) in [6, 6.07) is 0. The third-order valence-electron chi connectivity index (χ3n) is 4.64. The number of hydrogen-bond donors (Lipinski definition) is 1. The summed E-state index contributed by atoms with van der Waals surface area (Å²) >= 11 is 0. The molecule has 0 spiro atoms. The summed E-state index contributed by atoms with van der Waals surface area (Å²) in [6.45, 7) is 6.30. The molecule has 0 bridgehead atoms. The molecule has 112 valence electrons. The maximum absolute atomic E-state index is 12.1. The van der Waals surface area contributed by atoms with Crippen LogP contribution in [0.4, 0.5) is 0 Å². The number of amides is 1. The van der Waals surface area contributed by atoms with E-state index in [1.165, 1.54) is 32.1 Å². The molecule has 2 aliphatic rings. The van der Waals surface area contributed by atoms with Gasteiger partial charge in [-0.1, -0.05) is 26.2 Å². The molecule has 0 radical (unpaired) electrons. The summed E-state index contributed by atoms with van der Waals surface area (Å²) in [7, 11) is 0. The summed E-state index contributed by atoms with van der Waals surface area (Å²) in [4.78, 5) is 14.2. The minimum absolute atomic E-state index is 0. The van der Waals surface area contributed by atoms with Crippen LogP contribution >= 0.6 is 12.4 Å². The van der Waals surface area contributed by atoms with Gasteiger partial charge in [-0.25, -0.2) is 0 Å². The van der Waals surface area contributed by atoms with Gasteiger partial charge < -0.3 is 10.2 Å². The van der Waals surface area contributed by atoms with E-state index >= 15 is 0 Å². The van der Waals surface area contributed by atoms with Gasteiger partial charge in [0.15, 0.2) is 0 Å². The molecule has 1 saturated carbocycles. The molecule has 1 aliphatic carbocycles. The average molecular weight is 289 g/mol. The van der Waals surface area contributed by atoms with Gasteiger partial charge in [0.1, 0.15) is 0 Å². The lowest BCUT2D eigenvalue weighted by atomic mass is 9.82. The van der Waals surface area contributed by atoms with Crippen molar-refractivity contribution in [1.82, 2.24) is 10.2 Å². The number of hydrogen-bond acceptors (Lipinski definition) is 2. The number of nitrogens with one attached hydrogen (secondary N) is 1. The van der Waals surface area contributed by atoms with Crippen LogP contribution in [-0.4, -0.2) is 37.0 Å². The van der Waals surface area contributed by atoms with E-state index in [4.69, 9.17) is 0 Å². The van der Waals surface area contributed by atoms with Crippen molar-refractivity contribution < 1.29 is 4.79 Å². The van der Waals surface area contributed by atoms with Gasteiger partial charge in [-0.05, 0) is 44.2 Å². The van der Waals surface area contributed by atoms with Gasteiger partial charge in [0.2, 0.25) is 5.91 Å². The highest BCUT2D eigenvalue weighted by molar-refractivity contribution is 5.85. The van der Waals surface area contributed by atoms with Gasteiger partial charge in [0.25, 0.3) is 0 Å². The second kappa shape index (κ2) is 8.80. The van der Waals surface area contributed by atoms with Crippen molar-refractivity contribution in [3.63, 3.8) is 0 Å². The third-order valence-corrected chi connectivity index (χ3v) is 4.64. The van der Waals surface area contributed by atoms with Crippen LogP contribution in [-0.2, 0) is 4.79 Å². The van der Waals surface area contributed by atoms with Crippen LogP contribution in [0.15, 0.2) is 0 Å². The summed E-state index contributed by atoms with van der Waals surface area (Å²) in [5, 5.41) is 3.41. The van der Waals surface area contributed by atoms with Crippen LogP contribution in [0.1, 0.15) is 51.9 Å². The molecule has 0 aromatic heterocycles. The third kappa shape index (κ3) is 5.31. The molecular weight excluding hydrogens is 260 g/mol. The molecule has 0 unspecified atom stereocenters. The van der Waals surface area contributed by atoms with Crippen LogP contribution < -0.4 is 5.32 Å². The maximum Gasteiger partial charge on any atom is 0.222 e. The molecule has 2 fully saturated rings. The lowest BCUT2D eigenvalue weighted by molar-refractivity contribution is -0.133. The van der Waals surface area contributed by atoms with Crippen molar-refractivity contribution in [3.8, 4) is 0 Å². The first-order valence-corrected chi connectivity index (χ1v) is 7.78. The van der Waals surface area contributed by atoms with Gasteiger partial charge in [-0.3, -0.25) is 4.79 Å². The number of piperidine rings is 1. The zero-order chi connectivity index (χ0) is 12.8. The fourth-order valence-electron chi connectivity index (χ4n) is 3.00. The van der Waals surface area contributed by atoms with Crippen LogP contribution in [0, 0.1) is 11.8 Å². The van der Waals surface area contributed by atoms with E-state index in [0.29, 0.717) is 5.91 Å². The standard InChI is InChI=1S/C15H28N2O.ClH/c1-2-16-12-14-8-10-17(11-9-14)15(18)7-6-13-4-3-5-13;/h13-14,16H,2-12H2,1H3;1H. The Labute approximate surface area is 123 Å². The van der Waals surface area contributed by atoms with Crippen molar-refractivity contribution in [3.05, 3.63) is 0 Å². The zero-order valence-corrected chi connectivity index (χ0v) is 13.0. The van der Waals surface area contributed by atoms with E-state index in [1.54, 1.807) is 0 Å². The van der Waals surface area contributed by atoms with E-state index < -0.39 is 0 Å². The molecule has 0 aromatic carbocycles. The Bertz CT molecular complexity index is 261. The summed E-state index contributed by atoms with van der Waals surface area (Å²) in [5.74, 6) is 2.05. The second-order valence-electron chi connectivity index (χ2n) is 5.97. The van der Waals surface area contributed by atoms with Crippen molar-refractivity contribution in [1.29, 1.82) is 0 Å². The Morgan fingerprint density at radius 3 is 2.37 bits per heavy atom. The van der Waals surface area contributed by atoms with Gasteiger partial charge >= 0.3 is 0 Å². The Morgan fingerprint density at radius 1 is 1.16 bits per heavy atom. The number of carbonyl (C=O) groups excluding carboxylic acids is 1. The molecule has 19 heavy (non-hydrogen) atoms. The van der Waals surface area contributed by atoms with Crippen molar-refractivity contribution in [2.45, 2.75) is 51.9 Å². The molecule has 2 rings (SSSR count). The lowest BCUT2D eigenvalue weighted by Crippen LogP contribution is -2.40. The number of rotatable bonds is 6. The molecular formula is C15H29ClN2O. The molecule has 4 heteroatoms. The van der Waals surface area contributed by atoms with Crippen LogP contribution in [0.25, 0.3) is 0 Å². The zero-order valence-electron chi connectivity index (χ0n) is 12.2. The van der Waals surface area contributed by atoms with E-state index in [2.05, 4.69) is 17.1 Å². The summed E-state index contributed by atoms with van der Waals surface area (Å²) in [6.07, 6.45) is 8.40. The number of likely N-dealkylation sites (tertiary alicyclic amines) is 1. The monoisotopic (exact) mass is 288 g/mol.